The Morgan fingerprint density at radius 3 is 1.35 bits per heavy atom. The van der Waals surface area contributed by atoms with Gasteiger partial charge in [-0.3, -0.25) is 4.98 Å². The Morgan fingerprint density at radius 2 is 0.762 bits per heavy atom. The van der Waals surface area contributed by atoms with Gasteiger partial charge in [0.1, 0.15) is 0 Å². The van der Waals surface area contributed by atoms with E-state index in [2.05, 4.69) is 298 Å². The molecule has 0 atom stereocenters. The van der Waals surface area contributed by atoms with E-state index in [-0.39, 0.29) is 13.4 Å². The maximum Gasteiger partial charge on any atom is 0.249 e. The standard InChI is InChI=1S/C71H47B2N5S2/c1-6-22-49(23-7-1)75(50-24-8-2-9-25-50)54-42-64-70-69(45-54)80-67-47-63-59(46-60(67)72(70)57-33-17-20-36-62(57)77(64)53-30-14-5-15-31-53)73-58-34-18-21-37-66(58)79-68-44-55(76(51-26-10-3-11-27-51)52-28-12-4-13-29-52)43-65(71(68)73)78(63)61-35-19-16-32-56(61)48-38-40-74-41-39-48/h1-47H. The summed E-state index contributed by atoms with van der Waals surface area (Å²) in [5.41, 5.74) is 23.7. The minimum absolute atomic E-state index is 0.0452. The quantitative estimate of drug-likeness (QED) is 0.133. The molecule has 0 radical (unpaired) electrons. The lowest BCUT2D eigenvalue weighted by Gasteiger charge is -2.44. The Hall–Kier alpha value is -9.40. The van der Waals surface area contributed by atoms with Gasteiger partial charge in [-0.15, -0.1) is 0 Å². The molecule has 374 valence electrons. The number of nitrogens with zero attached hydrogens (tertiary/aromatic N) is 5. The van der Waals surface area contributed by atoms with Gasteiger partial charge in [-0.25, -0.2) is 0 Å². The van der Waals surface area contributed by atoms with Crippen LogP contribution in [-0.2, 0) is 0 Å². The van der Waals surface area contributed by atoms with Crippen molar-refractivity contribution in [3.63, 3.8) is 0 Å². The molecule has 0 saturated heterocycles. The fourth-order valence-electron chi connectivity index (χ4n) is 12.9. The van der Waals surface area contributed by atoms with Gasteiger partial charge in [0.25, 0.3) is 0 Å². The molecule has 0 aliphatic carbocycles. The number of aromatic nitrogens is 1. The lowest BCUT2D eigenvalue weighted by molar-refractivity contribution is 1.22. The van der Waals surface area contributed by atoms with Crippen LogP contribution < -0.4 is 52.4 Å². The summed E-state index contributed by atoms with van der Waals surface area (Å²) >= 11 is 3.80. The van der Waals surface area contributed by atoms with E-state index in [1.165, 1.54) is 75.1 Å². The predicted octanol–water partition coefficient (Wildman–Crippen LogP) is 15.2. The highest BCUT2D eigenvalue weighted by molar-refractivity contribution is 8.00. The third-order valence-corrected chi connectivity index (χ3v) is 18.5. The lowest BCUT2D eigenvalue weighted by Crippen LogP contribution is -2.64. The highest BCUT2D eigenvalue weighted by Crippen LogP contribution is 2.51. The summed E-state index contributed by atoms with van der Waals surface area (Å²) in [6.07, 6.45) is 3.81. The normalized spacial score (nSPS) is 13.1. The Labute approximate surface area is 475 Å². The van der Waals surface area contributed by atoms with Crippen LogP contribution in [0.1, 0.15) is 0 Å². The van der Waals surface area contributed by atoms with Crippen molar-refractivity contribution < 1.29 is 0 Å². The molecule has 11 aromatic carbocycles. The van der Waals surface area contributed by atoms with Gasteiger partial charge in [0.15, 0.2) is 0 Å². The minimum atomic E-state index is -0.0482. The molecule has 0 unspecified atom stereocenters. The van der Waals surface area contributed by atoms with E-state index in [0.29, 0.717) is 0 Å². The van der Waals surface area contributed by atoms with Crippen LogP contribution in [-0.4, -0.2) is 18.4 Å². The number of rotatable bonds is 9. The molecule has 0 saturated carbocycles. The topological polar surface area (TPSA) is 25.9 Å². The van der Waals surface area contributed by atoms with Gasteiger partial charge < -0.3 is 19.6 Å². The summed E-state index contributed by atoms with van der Waals surface area (Å²) in [5, 5.41) is 0. The van der Waals surface area contributed by atoms with Crippen molar-refractivity contribution in [2.75, 3.05) is 19.6 Å². The molecule has 1 aromatic heterocycles. The van der Waals surface area contributed by atoms with Gasteiger partial charge in [-0.05, 0) is 149 Å². The van der Waals surface area contributed by atoms with Gasteiger partial charge in [-0.2, -0.15) is 0 Å². The zero-order valence-corrected chi connectivity index (χ0v) is 45.0. The molecule has 5 heterocycles. The molecule has 0 bridgehead atoms. The second kappa shape index (κ2) is 19.2. The average molecular weight is 1060 g/mol. The van der Waals surface area contributed by atoms with Gasteiger partial charge in [0, 0.05) is 100 Å². The molecule has 9 heteroatoms. The van der Waals surface area contributed by atoms with Crippen LogP contribution in [0.25, 0.3) is 11.1 Å². The SMILES string of the molecule is c1ccc(N(c2ccccc2)c2cc3c4c(c2)N(c2ccccc2)c2ccccc2B4c2cc4c(cc2S3)N(c2ccccc2-c2ccncc2)c2cc(N(c3ccccc3)c3ccccc3)cc3c2B4c2ccccc2S3)cc1. The Balaban J connectivity index is 0.984. The van der Waals surface area contributed by atoms with E-state index < -0.39 is 0 Å². The molecule has 0 spiro atoms. The number of hydrogen-bond donors (Lipinski definition) is 0. The molecule has 80 heavy (non-hydrogen) atoms. The molecule has 0 N–H and O–H groups in total. The van der Waals surface area contributed by atoms with Crippen molar-refractivity contribution in [2.24, 2.45) is 0 Å². The van der Waals surface area contributed by atoms with E-state index in [1.807, 2.05) is 35.9 Å². The van der Waals surface area contributed by atoms with Gasteiger partial charge in [-0.1, -0.05) is 186 Å². The third-order valence-electron chi connectivity index (χ3n) is 16.2. The van der Waals surface area contributed by atoms with Crippen molar-refractivity contribution in [2.45, 2.75) is 19.6 Å². The molecule has 16 rings (SSSR count). The lowest BCUT2D eigenvalue weighted by atomic mass is 9.31. The average Bonchev–Trinajstić information content (AvgIpc) is 3.51. The maximum absolute atomic E-state index is 4.49. The number of anilines is 12. The van der Waals surface area contributed by atoms with E-state index in [4.69, 9.17) is 0 Å². The van der Waals surface area contributed by atoms with E-state index in [0.717, 1.165) is 56.6 Å². The highest BCUT2D eigenvalue weighted by Gasteiger charge is 2.46. The van der Waals surface area contributed by atoms with E-state index in [1.54, 1.807) is 0 Å². The fourth-order valence-corrected chi connectivity index (χ4v) is 15.3. The molecular weight excluding hydrogens is 1010 g/mol. The molecule has 5 nitrogen and oxygen atoms in total. The first-order valence-corrected chi connectivity index (χ1v) is 28.9. The van der Waals surface area contributed by atoms with Crippen molar-refractivity contribution in [1.29, 1.82) is 0 Å². The number of para-hydroxylation sites is 7. The number of fused-ring (bicyclic) bond motifs is 8. The third kappa shape index (κ3) is 7.56. The smallest absolute Gasteiger partial charge is 0.249 e. The zero-order chi connectivity index (χ0) is 52.7. The van der Waals surface area contributed by atoms with Crippen LogP contribution in [0.4, 0.5) is 68.2 Å². The van der Waals surface area contributed by atoms with Crippen LogP contribution in [0, 0.1) is 0 Å². The number of hydrogen-bond acceptors (Lipinski definition) is 7. The van der Waals surface area contributed by atoms with E-state index in [9.17, 15) is 0 Å². The first-order valence-electron chi connectivity index (χ1n) is 27.2. The van der Waals surface area contributed by atoms with Crippen LogP contribution in [0.15, 0.2) is 305 Å². The second-order valence-corrected chi connectivity index (χ2v) is 22.8. The summed E-state index contributed by atoms with van der Waals surface area (Å²) in [7, 11) is 0. The largest absolute Gasteiger partial charge is 0.311 e. The Kier molecular flexibility index (Phi) is 11.2. The summed E-state index contributed by atoms with van der Waals surface area (Å²) in [6.45, 7) is -0.0933. The molecule has 4 aliphatic rings. The Bertz CT molecular complexity index is 4270. The fraction of sp³-hybridized carbons (Fsp3) is 0. The second-order valence-electron chi connectivity index (χ2n) is 20.6. The monoisotopic (exact) mass is 1060 g/mol. The summed E-state index contributed by atoms with van der Waals surface area (Å²) in [4.78, 5) is 19.4. The van der Waals surface area contributed by atoms with Gasteiger partial charge in [0.05, 0.1) is 5.69 Å². The van der Waals surface area contributed by atoms with Crippen LogP contribution in [0.2, 0.25) is 0 Å². The molecule has 12 aromatic rings. The van der Waals surface area contributed by atoms with E-state index >= 15 is 0 Å². The van der Waals surface area contributed by atoms with Gasteiger partial charge >= 0.3 is 0 Å². The van der Waals surface area contributed by atoms with Gasteiger partial charge in [0.2, 0.25) is 13.4 Å². The number of pyridine rings is 1. The highest BCUT2D eigenvalue weighted by atomic mass is 32.2. The number of benzene rings is 11. The molecular formula is C71H47B2N5S2. The van der Waals surface area contributed by atoms with Crippen molar-refractivity contribution in [1.82, 2.24) is 4.98 Å². The maximum atomic E-state index is 4.49. The van der Waals surface area contributed by atoms with Crippen molar-refractivity contribution >= 4 is 138 Å². The summed E-state index contributed by atoms with van der Waals surface area (Å²) < 4.78 is 0. The van der Waals surface area contributed by atoms with Crippen LogP contribution >= 0.6 is 23.5 Å². The predicted molar refractivity (Wildman–Crippen MR) is 339 cm³/mol. The zero-order valence-electron chi connectivity index (χ0n) is 43.3. The van der Waals surface area contributed by atoms with Crippen molar-refractivity contribution in [3.05, 3.63) is 285 Å². The summed E-state index contributed by atoms with van der Waals surface area (Å²) in [6, 6.07) is 101. The Morgan fingerprint density at radius 1 is 0.300 bits per heavy atom. The first-order chi connectivity index (χ1) is 39.7. The van der Waals surface area contributed by atoms with Crippen LogP contribution in [0.5, 0.6) is 0 Å². The van der Waals surface area contributed by atoms with Crippen molar-refractivity contribution in [3.8, 4) is 11.1 Å². The minimum Gasteiger partial charge on any atom is -0.311 e. The molecule has 0 amide bonds. The molecule has 4 aliphatic heterocycles. The first kappa shape index (κ1) is 46.7. The van der Waals surface area contributed by atoms with Crippen LogP contribution in [0.3, 0.4) is 0 Å². The molecule has 0 fully saturated rings. The summed E-state index contributed by atoms with van der Waals surface area (Å²) in [5.74, 6) is 0.